The summed E-state index contributed by atoms with van der Waals surface area (Å²) in [5, 5.41) is 0. The monoisotopic (exact) mass is 612 g/mol. The minimum Gasteiger partial charge on any atom is -0.377 e. The lowest BCUT2D eigenvalue weighted by Crippen LogP contribution is -2.65. The van der Waals surface area contributed by atoms with Gasteiger partial charge in [0.2, 0.25) is 0 Å². The number of hydrogen-bond donors (Lipinski definition) is 3. The highest BCUT2D eigenvalue weighted by Gasteiger charge is 2.69. The van der Waals surface area contributed by atoms with Gasteiger partial charge in [-0.3, -0.25) is 0 Å². The van der Waals surface area contributed by atoms with Gasteiger partial charge in [0.1, 0.15) is 0 Å². The first-order chi connectivity index (χ1) is 18.6. The molecule has 0 aliphatic heterocycles. The maximum absolute atomic E-state index is 6.85. The van der Waals surface area contributed by atoms with Crippen molar-refractivity contribution >= 4 is 16.1 Å². The van der Waals surface area contributed by atoms with Crippen LogP contribution in [0.3, 0.4) is 0 Å². The molecular weight excluding hydrogens is 556 g/mol. The number of nitrogens with zero attached hydrogens (tertiary/aromatic N) is 1. The highest BCUT2D eigenvalue weighted by atomic mass is 79.9. The first-order valence-corrected chi connectivity index (χ1v) is 16.7. The average molecular weight is 614 g/mol. The molecule has 4 unspecified atom stereocenters. The van der Waals surface area contributed by atoms with Crippen LogP contribution in [0.5, 0.6) is 0 Å². The molecule has 0 aromatic rings. The molecule has 7 nitrogen and oxygen atoms in total. The Morgan fingerprint density at radius 3 is 2.08 bits per heavy atom. The van der Waals surface area contributed by atoms with Crippen molar-refractivity contribution in [2.24, 2.45) is 63.0 Å². The Labute approximate surface area is 246 Å². The van der Waals surface area contributed by atoms with Crippen LogP contribution in [-0.2, 0) is 14.2 Å². The van der Waals surface area contributed by atoms with Gasteiger partial charge >= 0.3 is 0 Å². The third-order valence-corrected chi connectivity index (χ3v) is 13.5. The van der Waals surface area contributed by atoms with Crippen molar-refractivity contribution in [3.8, 4) is 0 Å². The Kier molecular flexibility index (Phi) is 9.48. The zero-order chi connectivity index (χ0) is 28.0. The standard InChI is InChI=1S/C31H57BrN4O3/c1-29-9-7-21(37-14-11-33)17-20(29)18-24(38-15-12-34)28-22-5-6-25(30(2)10-8-26(30)36(4)32)31(22,3)27(19-23(28)29)39-16-13-35/h20-28H,5-19,33-35H2,1-4H3/t20?,21-,22+,23+,24?,25-,26?,27+,28?,29+,30-,31+/m1/s1. The lowest BCUT2D eigenvalue weighted by Gasteiger charge is -2.66. The molecule has 0 aromatic carbocycles. The molecule has 0 radical (unpaired) electrons. The van der Waals surface area contributed by atoms with Gasteiger partial charge in [-0.1, -0.05) is 20.8 Å². The van der Waals surface area contributed by atoms with E-state index in [1.807, 2.05) is 0 Å². The summed E-state index contributed by atoms with van der Waals surface area (Å²) in [6, 6.07) is 0.576. The fourth-order valence-corrected chi connectivity index (χ4v) is 11.8. The molecule has 39 heavy (non-hydrogen) atoms. The van der Waals surface area contributed by atoms with Gasteiger partial charge in [-0.2, -0.15) is 0 Å². The predicted octanol–water partition coefficient (Wildman–Crippen LogP) is 4.31. The van der Waals surface area contributed by atoms with E-state index in [4.69, 9.17) is 31.4 Å². The van der Waals surface area contributed by atoms with E-state index in [1.54, 1.807) is 0 Å². The molecule has 226 valence electrons. The quantitative estimate of drug-likeness (QED) is 0.298. The van der Waals surface area contributed by atoms with Crippen LogP contribution >= 0.6 is 16.1 Å². The first-order valence-electron chi connectivity index (χ1n) is 16.0. The SMILES string of the molecule is CN(Br)C1CC[C@]1(C)[C@H]1CC[C@H]2C3C(OCCN)CC4C[C@H](OCCN)CC[C@]4(C)[C@H]3C[C@H](OCCN)[C@@]21C. The van der Waals surface area contributed by atoms with Crippen molar-refractivity contribution in [3.63, 3.8) is 0 Å². The molecule has 0 saturated heterocycles. The zero-order valence-corrected chi connectivity index (χ0v) is 26.7. The molecule has 0 bridgehead atoms. The number of halogens is 1. The van der Waals surface area contributed by atoms with Crippen LogP contribution < -0.4 is 17.2 Å². The Hall–Kier alpha value is 0.200. The minimum absolute atomic E-state index is 0.127. The Morgan fingerprint density at radius 2 is 1.44 bits per heavy atom. The summed E-state index contributed by atoms with van der Waals surface area (Å²) < 4.78 is 22.1. The van der Waals surface area contributed by atoms with Gasteiger partial charge in [0.25, 0.3) is 0 Å². The average Bonchev–Trinajstić information content (AvgIpc) is 3.26. The zero-order valence-electron chi connectivity index (χ0n) is 25.1. The van der Waals surface area contributed by atoms with Crippen LogP contribution in [0.4, 0.5) is 0 Å². The molecule has 0 heterocycles. The summed E-state index contributed by atoms with van der Waals surface area (Å²) in [5.74, 6) is 3.01. The Balaban J connectivity index is 1.49. The van der Waals surface area contributed by atoms with Gasteiger partial charge in [-0.15, -0.1) is 0 Å². The van der Waals surface area contributed by atoms with Crippen molar-refractivity contribution in [1.29, 1.82) is 0 Å². The third-order valence-electron chi connectivity index (χ3n) is 13.0. The lowest BCUT2D eigenvalue weighted by molar-refractivity contribution is -0.235. The van der Waals surface area contributed by atoms with E-state index < -0.39 is 0 Å². The minimum atomic E-state index is 0.127. The second kappa shape index (κ2) is 12.1. The molecule has 8 heteroatoms. The highest BCUT2D eigenvalue weighted by molar-refractivity contribution is 9.07. The van der Waals surface area contributed by atoms with E-state index in [0.717, 1.165) is 25.7 Å². The molecule has 0 amide bonds. The summed E-state index contributed by atoms with van der Waals surface area (Å²) in [6.45, 7) is 11.5. The highest BCUT2D eigenvalue weighted by Crippen LogP contribution is 2.72. The molecule has 5 aliphatic rings. The lowest BCUT2D eigenvalue weighted by atomic mass is 9.41. The largest absolute Gasteiger partial charge is 0.377 e. The van der Waals surface area contributed by atoms with Crippen molar-refractivity contribution in [2.75, 3.05) is 46.5 Å². The molecular formula is C31H57BrN4O3. The van der Waals surface area contributed by atoms with E-state index >= 15 is 0 Å². The Bertz CT molecular complexity index is 836. The van der Waals surface area contributed by atoms with Crippen molar-refractivity contribution in [3.05, 3.63) is 0 Å². The van der Waals surface area contributed by atoms with E-state index in [1.165, 1.54) is 32.1 Å². The topological polar surface area (TPSA) is 109 Å². The number of rotatable bonds is 11. The third kappa shape index (κ3) is 5.09. The van der Waals surface area contributed by atoms with Gasteiger partial charge in [0.15, 0.2) is 0 Å². The maximum Gasteiger partial charge on any atom is 0.0637 e. The van der Waals surface area contributed by atoms with E-state index in [0.29, 0.717) is 92.0 Å². The number of fused-ring (bicyclic) bond motifs is 5. The number of nitrogens with two attached hydrogens (primary N) is 3. The van der Waals surface area contributed by atoms with Crippen LogP contribution in [-0.4, -0.2) is 74.8 Å². The van der Waals surface area contributed by atoms with E-state index in [9.17, 15) is 0 Å². The van der Waals surface area contributed by atoms with Crippen molar-refractivity contribution in [2.45, 2.75) is 103 Å². The fraction of sp³-hybridized carbons (Fsp3) is 1.00. The molecule has 5 rings (SSSR count). The smallest absolute Gasteiger partial charge is 0.0637 e. The molecule has 6 N–H and O–H groups in total. The summed E-state index contributed by atoms with van der Waals surface area (Å²) >= 11 is 3.83. The van der Waals surface area contributed by atoms with Crippen LogP contribution in [0.25, 0.3) is 0 Å². The normalized spacial score (nSPS) is 49.3. The van der Waals surface area contributed by atoms with Gasteiger partial charge in [-0.25, -0.2) is 3.93 Å². The van der Waals surface area contributed by atoms with Gasteiger partial charge in [0.05, 0.1) is 38.1 Å². The van der Waals surface area contributed by atoms with Crippen molar-refractivity contribution in [1.82, 2.24) is 3.93 Å². The molecule has 12 atom stereocenters. The summed E-state index contributed by atoms with van der Waals surface area (Å²) in [5.41, 5.74) is 18.6. The number of hydrogen-bond acceptors (Lipinski definition) is 7. The summed E-state index contributed by atoms with van der Waals surface area (Å²) in [6.07, 6.45) is 11.7. The molecule has 0 aromatic heterocycles. The molecule has 5 saturated carbocycles. The summed E-state index contributed by atoms with van der Waals surface area (Å²) in [4.78, 5) is 0. The predicted molar refractivity (Wildman–Crippen MR) is 160 cm³/mol. The maximum atomic E-state index is 6.85. The van der Waals surface area contributed by atoms with Gasteiger partial charge in [0, 0.05) is 47.2 Å². The second-order valence-electron chi connectivity index (χ2n) is 14.4. The van der Waals surface area contributed by atoms with Crippen LogP contribution in [0, 0.1) is 45.8 Å². The van der Waals surface area contributed by atoms with E-state index in [2.05, 4.69) is 47.9 Å². The molecule has 0 spiro atoms. The second-order valence-corrected chi connectivity index (χ2v) is 15.6. The Morgan fingerprint density at radius 1 is 0.769 bits per heavy atom. The van der Waals surface area contributed by atoms with Crippen LogP contribution in [0.15, 0.2) is 0 Å². The number of ether oxygens (including phenoxy) is 3. The van der Waals surface area contributed by atoms with Crippen LogP contribution in [0.1, 0.15) is 78.6 Å². The molecule has 5 aliphatic carbocycles. The van der Waals surface area contributed by atoms with Gasteiger partial charge in [-0.05, 0) is 105 Å². The van der Waals surface area contributed by atoms with E-state index in [-0.39, 0.29) is 17.6 Å². The fourth-order valence-electron chi connectivity index (χ4n) is 11.1. The van der Waals surface area contributed by atoms with Crippen molar-refractivity contribution < 1.29 is 14.2 Å². The van der Waals surface area contributed by atoms with Crippen LogP contribution in [0.2, 0.25) is 0 Å². The van der Waals surface area contributed by atoms with Gasteiger partial charge < -0.3 is 31.4 Å². The first kappa shape index (κ1) is 30.7. The summed E-state index contributed by atoms with van der Waals surface area (Å²) in [7, 11) is 2.20. The molecule has 5 fully saturated rings.